The van der Waals surface area contributed by atoms with Crippen LogP contribution in [0.5, 0.6) is 0 Å². The summed E-state index contributed by atoms with van der Waals surface area (Å²) in [6.45, 7) is 2.77. The number of hydrogen-bond donors (Lipinski definition) is 0. The first-order valence-corrected chi connectivity index (χ1v) is 21.4. The van der Waals surface area contributed by atoms with Crippen molar-refractivity contribution in [1.82, 2.24) is 0 Å². The topological polar surface area (TPSA) is 0 Å². The van der Waals surface area contributed by atoms with E-state index in [1.165, 1.54) is 10.6 Å². The second kappa shape index (κ2) is 13.3. The molecule has 0 radical (unpaired) electrons. The first-order valence-electron chi connectivity index (χ1n) is 18.7. The Morgan fingerprint density at radius 3 is 1.34 bits per heavy atom. The third-order valence-corrected chi connectivity index (χ3v) is 20.2. The minimum atomic E-state index is -0.543. The molecule has 0 nitrogen and oxygen atoms in total. The summed E-state index contributed by atoms with van der Waals surface area (Å²) in [5, 5.41) is 6.05. The van der Waals surface area contributed by atoms with Crippen LogP contribution in [-0.2, 0) is 17.1 Å². The standard InChI is InChI=1S/C39H47P2.C5H5.Fe/c1-27(36-13-8-14-37(36)40(34-9-4-2-5-10-34)35-11-6-3-7-12-35)41(38-21-28-15-29(22-38)17-30(16-28)23-38)39-24-31-18-32(25-39)20-33(19-31)26-39;1-2-4-5-3-1;/h2-14,27-33H,15-26H2,1H3;1-5H;/q2*-1;+2/t27-,28?,29?,30?,31?,32?,33?,38?,39?,41?;;/m1../s1. The molecule has 8 fully saturated rings. The minimum Gasteiger partial charge on any atom is -0.214 e. The maximum atomic E-state index is 2.77. The molecule has 8 aliphatic rings. The summed E-state index contributed by atoms with van der Waals surface area (Å²) < 4.78 is 0. The third kappa shape index (κ3) is 6.03. The summed E-state index contributed by atoms with van der Waals surface area (Å²) in [6.07, 6.45) is 19.0. The molecule has 0 spiro atoms. The van der Waals surface area contributed by atoms with Gasteiger partial charge in [0.25, 0.3) is 0 Å². The molecule has 4 aromatic rings. The van der Waals surface area contributed by atoms with Crippen LogP contribution in [0.4, 0.5) is 0 Å². The van der Waals surface area contributed by atoms with E-state index in [-0.39, 0.29) is 25.0 Å². The average Bonchev–Trinajstić information content (AvgIpc) is 3.77. The molecule has 4 aromatic carbocycles. The van der Waals surface area contributed by atoms with Gasteiger partial charge in [-0.3, -0.25) is 0 Å². The molecule has 0 saturated heterocycles. The second-order valence-electron chi connectivity index (χ2n) is 16.7. The van der Waals surface area contributed by atoms with Gasteiger partial charge in [-0.15, -0.1) is 10.9 Å². The largest absolute Gasteiger partial charge is 2.00 e. The molecule has 0 aromatic heterocycles. The zero-order valence-corrected chi connectivity index (χ0v) is 31.1. The van der Waals surface area contributed by atoms with Crippen molar-refractivity contribution < 1.29 is 17.1 Å². The molecule has 0 heterocycles. The van der Waals surface area contributed by atoms with E-state index in [4.69, 9.17) is 0 Å². The summed E-state index contributed by atoms with van der Waals surface area (Å²) in [7, 11) is -0.632. The van der Waals surface area contributed by atoms with Crippen LogP contribution in [-0.4, -0.2) is 10.3 Å². The quantitative estimate of drug-likeness (QED) is 0.102. The predicted octanol–water partition coefficient (Wildman–Crippen LogP) is 11.0. The summed E-state index contributed by atoms with van der Waals surface area (Å²) in [5.74, 6) is 6.32. The molecular weight excluding hydrogens is 646 g/mol. The van der Waals surface area contributed by atoms with Crippen LogP contribution in [0.25, 0.3) is 0 Å². The normalized spacial score (nSPS) is 35.6. The van der Waals surface area contributed by atoms with Crippen molar-refractivity contribution >= 4 is 31.8 Å². The maximum Gasteiger partial charge on any atom is 2.00 e. The average molecular weight is 699 g/mol. The van der Waals surface area contributed by atoms with Gasteiger partial charge in [0.15, 0.2) is 0 Å². The van der Waals surface area contributed by atoms with Gasteiger partial charge in [-0.05, 0) is 147 Å². The molecule has 246 valence electrons. The third-order valence-electron chi connectivity index (χ3n) is 13.5. The van der Waals surface area contributed by atoms with Crippen molar-refractivity contribution in [1.29, 1.82) is 0 Å². The minimum absolute atomic E-state index is 0. The van der Waals surface area contributed by atoms with Crippen molar-refractivity contribution in [2.75, 3.05) is 0 Å². The monoisotopic (exact) mass is 698 g/mol. The molecule has 0 unspecified atom stereocenters. The van der Waals surface area contributed by atoms with Crippen LogP contribution < -0.4 is 15.9 Å². The van der Waals surface area contributed by atoms with Gasteiger partial charge in [-0.1, -0.05) is 75.5 Å². The smallest absolute Gasteiger partial charge is 0.214 e. The van der Waals surface area contributed by atoms with Crippen molar-refractivity contribution in [3.63, 3.8) is 0 Å². The van der Waals surface area contributed by atoms with Crippen LogP contribution in [0.2, 0.25) is 0 Å². The summed E-state index contributed by atoms with van der Waals surface area (Å²) >= 11 is 0. The Kier molecular flexibility index (Phi) is 9.28. The molecule has 8 bridgehead atoms. The molecule has 8 aliphatic carbocycles. The molecule has 0 amide bonds. The van der Waals surface area contributed by atoms with Crippen molar-refractivity contribution in [3.8, 4) is 0 Å². The first kappa shape index (κ1) is 32.7. The van der Waals surface area contributed by atoms with Crippen molar-refractivity contribution in [2.24, 2.45) is 35.5 Å². The fourth-order valence-corrected chi connectivity index (χ4v) is 21.6. The van der Waals surface area contributed by atoms with Crippen LogP contribution in [0.3, 0.4) is 0 Å². The van der Waals surface area contributed by atoms with Gasteiger partial charge in [0, 0.05) is 0 Å². The van der Waals surface area contributed by atoms with Gasteiger partial charge in [-0.25, -0.2) is 24.3 Å². The molecule has 0 N–H and O–H groups in total. The first-order chi connectivity index (χ1) is 22.6. The summed E-state index contributed by atoms with van der Waals surface area (Å²) in [5.41, 5.74) is 2.47. The SMILES string of the molecule is C[C@H]([c-]1cccc1P(c1ccccc1)c1ccccc1)P(C12CC3CC(CC(C3)C1)C2)C12CC3CC(CC(C3)C1)C2.[Fe+2].c1cc[cH-]c1. The van der Waals surface area contributed by atoms with E-state index >= 15 is 0 Å². The predicted molar refractivity (Wildman–Crippen MR) is 200 cm³/mol. The van der Waals surface area contributed by atoms with Gasteiger partial charge in [0.2, 0.25) is 0 Å². The van der Waals surface area contributed by atoms with Gasteiger partial charge >= 0.3 is 17.1 Å². The molecule has 8 saturated carbocycles. The molecule has 0 aliphatic heterocycles. The second-order valence-corrected chi connectivity index (χ2v) is 22.3. The fraction of sp³-hybridized carbons (Fsp3) is 0.500. The van der Waals surface area contributed by atoms with Gasteiger partial charge in [0.05, 0.1) is 0 Å². The molecule has 1 atom stereocenters. The molecular formula is C44H52FeP2. The maximum absolute atomic E-state index is 2.77. The Hall–Kier alpha value is -1.48. The molecule has 3 heteroatoms. The Morgan fingerprint density at radius 2 is 0.979 bits per heavy atom. The molecule has 12 rings (SSSR count). The van der Waals surface area contributed by atoms with Crippen LogP contribution in [0.1, 0.15) is 95.2 Å². The fourth-order valence-electron chi connectivity index (χ4n) is 13.1. The number of rotatable bonds is 7. The summed E-state index contributed by atoms with van der Waals surface area (Å²) in [6, 6.07) is 40.6. The number of benzene rings is 2. The van der Waals surface area contributed by atoms with Gasteiger partial charge in [0.1, 0.15) is 0 Å². The van der Waals surface area contributed by atoms with E-state index in [0.717, 1.165) is 41.2 Å². The Balaban J connectivity index is 0.000000497. The Morgan fingerprint density at radius 1 is 0.574 bits per heavy atom. The van der Waals surface area contributed by atoms with E-state index in [0.29, 0.717) is 10.3 Å². The van der Waals surface area contributed by atoms with Crippen LogP contribution in [0.15, 0.2) is 109 Å². The Bertz CT molecular complexity index is 1410. The van der Waals surface area contributed by atoms with E-state index in [9.17, 15) is 0 Å². The van der Waals surface area contributed by atoms with Crippen LogP contribution >= 0.6 is 15.8 Å². The number of hydrogen-bond acceptors (Lipinski definition) is 0. The molecule has 47 heavy (non-hydrogen) atoms. The Labute approximate surface area is 297 Å². The van der Waals surface area contributed by atoms with Crippen LogP contribution in [0, 0.1) is 35.5 Å². The van der Waals surface area contributed by atoms with E-state index < -0.39 is 7.92 Å². The van der Waals surface area contributed by atoms with E-state index in [1.54, 1.807) is 87.9 Å². The summed E-state index contributed by atoms with van der Waals surface area (Å²) in [4.78, 5) is 0. The van der Waals surface area contributed by atoms with E-state index in [2.05, 4.69) is 85.8 Å². The van der Waals surface area contributed by atoms with Gasteiger partial charge in [-0.2, -0.15) is 24.3 Å². The zero-order valence-electron chi connectivity index (χ0n) is 28.2. The van der Waals surface area contributed by atoms with Crippen molar-refractivity contribution in [3.05, 3.63) is 115 Å². The zero-order chi connectivity index (χ0) is 30.7. The van der Waals surface area contributed by atoms with E-state index in [1.807, 2.05) is 30.3 Å². The van der Waals surface area contributed by atoms with Crippen molar-refractivity contribution in [2.45, 2.75) is 99.9 Å². The van der Waals surface area contributed by atoms with Gasteiger partial charge < -0.3 is 0 Å².